The summed E-state index contributed by atoms with van der Waals surface area (Å²) in [6.07, 6.45) is 5.51. The maximum Gasteiger partial charge on any atom is 0.314 e. The van der Waals surface area contributed by atoms with Crippen molar-refractivity contribution in [2.75, 3.05) is 26.2 Å². The van der Waals surface area contributed by atoms with Crippen molar-refractivity contribution in [1.29, 1.82) is 0 Å². The van der Waals surface area contributed by atoms with Crippen LogP contribution >= 0.6 is 0 Å². The van der Waals surface area contributed by atoms with Crippen molar-refractivity contribution in [1.82, 2.24) is 15.5 Å². The first-order valence-electron chi connectivity index (χ1n) is 11.1. The molecule has 0 saturated carbocycles. The summed E-state index contributed by atoms with van der Waals surface area (Å²) < 4.78 is 0. The number of benzene rings is 2. The summed E-state index contributed by atoms with van der Waals surface area (Å²) >= 11 is 0. The second kappa shape index (κ2) is 12.0. The van der Waals surface area contributed by atoms with Crippen LogP contribution in [0.4, 0.5) is 4.79 Å². The Morgan fingerprint density at radius 3 is 2.17 bits per heavy atom. The third-order valence-corrected chi connectivity index (χ3v) is 5.68. The van der Waals surface area contributed by atoms with E-state index in [1.165, 1.54) is 11.1 Å². The van der Waals surface area contributed by atoms with Crippen LogP contribution in [-0.2, 0) is 4.79 Å². The Hall–Kier alpha value is -2.82. The van der Waals surface area contributed by atoms with E-state index in [0.29, 0.717) is 19.5 Å². The Balaban J connectivity index is 1.39. The molecule has 3 amide bonds. The molecule has 2 aromatic carbocycles. The average Bonchev–Trinajstić information content (AvgIpc) is 2.99. The number of carbonyl (C=O) groups excluding carboxylic acids is 2. The van der Waals surface area contributed by atoms with E-state index in [-0.39, 0.29) is 17.9 Å². The minimum absolute atomic E-state index is 0.142. The second-order valence-corrected chi connectivity index (χ2v) is 7.89. The maximum absolute atomic E-state index is 12.2. The fourth-order valence-electron chi connectivity index (χ4n) is 4.04. The smallest absolute Gasteiger partial charge is 0.314 e. The van der Waals surface area contributed by atoms with Gasteiger partial charge < -0.3 is 15.5 Å². The van der Waals surface area contributed by atoms with Gasteiger partial charge in [-0.05, 0) is 36.8 Å². The third-order valence-electron chi connectivity index (χ3n) is 5.68. The first kappa shape index (κ1) is 21.9. The maximum atomic E-state index is 12.2. The highest BCUT2D eigenvalue weighted by Crippen LogP contribution is 2.27. The third kappa shape index (κ3) is 6.90. The number of urea groups is 1. The highest BCUT2D eigenvalue weighted by Gasteiger charge is 2.16. The first-order chi connectivity index (χ1) is 14.7. The van der Waals surface area contributed by atoms with Crippen LogP contribution in [0, 0.1) is 0 Å². The van der Waals surface area contributed by atoms with Crippen molar-refractivity contribution in [3.05, 3.63) is 71.8 Å². The van der Waals surface area contributed by atoms with Gasteiger partial charge in [0.15, 0.2) is 0 Å². The molecule has 0 aromatic heterocycles. The van der Waals surface area contributed by atoms with Gasteiger partial charge in [-0.2, -0.15) is 0 Å². The summed E-state index contributed by atoms with van der Waals surface area (Å²) in [5.41, 5.74) is 2.51. The number of rotatable bonds is 9. The molecular weight excluding hydrogens is 374 g/mol. The van der Waals surface area contributed by atoms with Crippen LogP contribution < -0.4 is 10.6 Å². The second-order valence-electron chi connectivity index (χ2n) is 7.89. The number of hydrogen-bond acceptors (Lipinski definition) is 2. The number of amides is 3. The van der Waals surface area contributed by atoms with Gasteiger partial charge in [-0.1, -0.05) is 67.1 Å². The number of nitrogens with zero attached hydrogens (tertiary/aromatic N) is 1. The highest BCUT2D eigenvalue weighted by molar-refractivity contribution is 5.76. The van der Waals surface area contributed by atoms with Gasteiger partial charge in [0, 0.05) is 38.5 Å². The molecule has 30 heavy (non-hydrogen) atoms. The molecule has 1 heterocycles. The van der Waals surface area contributed by atoms with Gasteiger partial charge in [-0.15, -0.1) is 0 Å². The molecule has 160 valence electrons. The summed E-state index contributed by atoms with van der Waals surface area (Å²) in [7, 11) is 0. The predicted octanol–water partition coefficient (Wildman–Crippen LogP) is 4.30. The first-order valence-corrected chi connectivity index (χ1v) is 11.1. The van der Waals surface area contributed by atoms with E-state index in [2.05, 4.69) is 59.2 Å². The molecule has 0 bridgehead atoms. The molecule has 2 N–H and O–H groups in total. The van der Waals surface area contributed by atoms with Crippen LogP contribution in [0.1, 0.15) is 55.6 Å². The summed E-state index contributed by atoms with van der Waals surface area (Å²) in [6.45, 7) is 2.76. The van der Waals surface area contributed by atoms with Crippen LogP contribution in [0.2, 0.25) is 0 Å². The van der Waals surface area contributed by atoms with Crippen LogP contribution in [0.25, 0.3) is 0 Å². The molecule has 1 aliphatic heterocycles. The molecule has 1 aliphatic rings. The van der Waals surface area contributed by atoms with Crippen LogP contribution in [0.15, 0.2) is 60.7 Å². The van der Waals surface area contributed by atoms with E-state index >= 15 is 0 Å². The molecule has 0 aliphatic carbocycles. The largest absolute Gasteiger partial charge is 0.343 e. The van der Waals surface area contributed by atoms with E-state index in [0.717, 1.165) is 45.2 Å². The minimum atomic E-state index is -0.142. The molecule has 0 atom stereocenters. The standard InChI is InChI=1S/C25H33N3O2/c29-24-15-8-3-9-19-28(24)20-10-17-26-25(30)27-18-16-23(21-11-4-1-5-12-21)22-13-6-2-7-14-22/h1-2,4-7,11-14,23H,3,8-10,15-20H2,(H2,26,27,30). The lowest BCUT2D eigenvalue weighted by Crippen LogP contribution is -2.38. The van der Waals surface area contributed by atoms with Gasteiger partial charge in [0.1, 0.15) is 0 Å². The van der Waals surface area contributed by atoms with Gasteiger partial charge in [0.05, 0.1) is 0 Å². The average molecular weight is 408 g/mol. The monoisotopic (exact) mass is 407 g/mol. The topological polar surface area (TPSA) is 61.4 Å². The van der Waals surface area contributed by atoms with E-state index in [4.69, 9.17) is 0 Å². The Kier molecular flexibility index (Phi) is 8.76. The zero-order valence-electron chi connectivity index (χ0n) is 17.7. The lowest BCUT2D eigenvalue weighted by molar-refractivity contribution is -0.130. The van der Waals surface area contributed by atoms with Crippen LogP contribution in [-0.4, -0.2) is 43.0 Å². The van der Waals surface area contributed by atoms with Crippen molar-refractivity contribution in [2.24, 2.45) is 0 Å². The summed E-state index contributed by atoms with van der Waals surface area (Å²) in [6, 6.07) is 20.7. The number of likely N-dealkylation sites (tertiary alicyclic amines) is 1. The molecule has 2 aromatic rings. The Labute approximate surface area is 179 Å². The zero-order chi connectivity index (χ0) is 21.0. The Morgan fingerprint density at radius 2 is 1.50 bits per heavy atom. The lowest BCUT2D eigenvalue weighted by Gasteiger charge is -2.20. The van der Waals surface area contributed by atoms with E-state index < -0.39 is 0 Å². The SMILES string of the molecule is O=C(NCCCN1CCCCCC1=O)NCCC(c1ccccc1)c1ccccc1. The van der Waals surface area contributed by atoms with Crippen molar-refractivity contribution in [3.8, 4) is 0 Å². The minimum Gasteiger partial charge on any atom is -0.343 e. The van der Waals surface area contributed by atoms with Crippen LogP contribution in [0.5, 0.6) is 0 Å². The summed E-state index contributed by atoms with van der Waals surface area (Å²) in [5, 5.41) is 5.90. The van der Waals surface area contributed by atoms with E-state index in [1.54, 1.807) is 0 Å². The van der Waals surface area contributed by atoms with Crippen molar-refractivity contribution >= 4 is 11.9 Å². The van der Waals surface area contributed by atoms with Crippen molar-refractivity contribution in [2.45, 2.75) is 44.4 Å². The number of carbonyl (C=O) groups is 2. The fraction of sp³-hybridized carbons (Fsp3) is 0.440. The quantitative estimate of drug-likeness (QED) is 0.609. The summed E-state index contributed by atoms with van der Waals surface area (Å²) in [5.74, 6) is 0.506. The van der Waals surface area contributed by atoms with Gasteiger partial charge in [-0.25, -0.2) is 4.79 Å². The zero-order valence-corrected chi connectivity index (χ0v) is 17.7. The lowest BCUT2D eigenvalue weighted by atomic mass is 9.88. The van der Waals surface area contributed by atoms with Crippen molar-refractivity contribution in [3.63, 3.8) is 0 Å². The predicted molar refractivity (Wildman–Crippen MR) is 120 cm³/mol. The van der Waals surface area contributed by atoms with Gasteiger partial charge in [0.25, 0.3) is 0 Å². The molecular formula is C25H33N3O2. The molecule has 1 saturated heterocycles. The molecule has 0 spiro atoms. The highest BCUT2D eigenvalue weighted by atomic mass is 16.2. The van der Waals surface area contributed by atoms with Crippen molar-refractivity contribution < 1.29 is 9.59 Å². The van der Waals surface area contributed by atoms with Gasteiger partial charge in [-0.3, -0.25) is 4.79 Å². The molecule has 5 nitrogen and oxygen atoms in total. The molecule has 1 fully saturated rings. The normalized spacial score (nSPS) is 14.4. The number of hydrogen-bond donors (Lipinski definition) is 2. The Morgan fingerprint density at radius 1 is 0.867 bits per heavy atom. The molecule has 0 radical (unpaired) electrons. The summed E-state index contributed by atoms with van der Waals surface area (Å²) in [4.78, 5) is 26.1. The fourth-order valence-corrected chi connectivity index (χ4v) is 4.04. The van der Waals surface area contributed by atoms with E-state index in [1.807, 2.05) is 17.0 Å². The Bertz CT molecular complexity index is 740. The molecule has 3 rings (SSSR count). The van der Waals surface area contributed by atoms with Gasteiger partial charge >= 0.3 is 6.03 Å². The molecule has 0 unspecified atom stereocenters. The molecule has 5 heteroatoms. The van der Waals surface area contributed by atoms with E-state index in [9.17, 15) is 9.59 Å². The van der Waals surface area contributed by atoms with Gasteiger partial charge in [0.2, 0.25) is 5.91 Å². The number of nitrogens with one attached hydrogen (secondary N) is 2. The van der Waals surface area contributed by atoms with Crippen LogP contribution in [0.3, 0.4) is 0 Å².